The van der Waals surface area contributed by atoms with Gasteiger partial charge in [-0.3, -0.25) is 0 Å². The van der Waals surface area contributed by atoms with Gasteiger partial charge < -0.3 is 15.0 Å². The maximum atomic E-state index is 13.3. The summed E-state index contributed by atoms with van der Waals surface area (Å²) in [5, 5.41) is 3.05. The molecular formula is C13H12FN5O. The van der Waals surface area contributed by atoms with Gasteiger partial charge in [0.2, 0.25) is 0 Å². The highest BCUT2D eigenvalue weighted by molar-refractivity contribution is 5.81. The van der Waals surface area contributed by atoms with Crippen molar-refractivity contribution >= 4 is 17.0 Å². The number of hydrogen-bond acceptors (Lipinski definition) is 5. The van der Waals surface area contributed by atoms with Crippen molar-refractivity contribution in [2.45, 2.75) is 6.54 Å². The summed E-state index contributed by atoms with van der Waals surface area (Å²) < 4.78 is 18.6. The first-order chi connectivity index (χ1) is 9.78. The second-order valence-corrected chi connectivity index (χ2v) is 4.11. The second-order valence-electron chi connectivity index (χ2n) is 4.11. The highest BCUT2D eigenvalue weighted by atomic mass is 19.1. The van der Waals surface area contributed by atoms with Gasteiger partial charge in [-0.25, -0.2) is 4.98 Å². The number of rotatable bonds is 4. The highest BCUT2D eigenvalue weighted by Crippen LogP contribution is 2.21. The molecule has 2 aromatic heterocycles. The number of benzene rings is 1. The molecule has 3 aromatic rings. The van der Waals surface area contributed by atoms with E-state index < -0.39 is 6.08 Å². The average Bonchev–Trinajstić information content (AvgIpc) is 2.93. The minimum atomic E-state index is -0.802. The Morgan fingerprint density at radius 2 is 2.15 bits per heavy atom. The Kier molecular flexibility index (Phi) is 3.16. The predicted octanol–water partition coefficient (Wildman–Crippen LogP) is 2.11. The summed E-state index contributed by atoms with van der Waals surface area (Å²) in [6.07, 6.45) is 0.650. The lowest BCUT2D eigenvalue weighted by Crippen LogP contribution is -2.05. The quantitative estimate of drug-likeness (QED) is 0.712. The summed E-state index contributed by atoms with van der Waals surface area (Å²) in [7, 11) is 1.61. The molecule has 102 valence electrons. The van der Waals surface area contributed by atoms with Crippen LogP contribution in [0.3, 0.4) is 0 Å². The first kappa shape index (κ1) is 12.3. The third-order valence-electron chi connectivity index (χ3n) is 2.89. The zero-order valence-corrected chi connectivity index (χ0v) is 10.7. The number of imidazole rings is 1. The van der Waals surface area contributed by atoms with Gasteiger partial charge in [0, 0.05) is 12.1 Å². The normalized spacial score (nSPS) is 10.7. The number of aromatic amines is 1. The van der Waals surface area contributed by atoms with E-state index in [1.807, 2.05) is 24.3 Å². The molecule has 2 N–H and O–H groups in total. The van der Waals surface area contributed by atoms with E-state index in [1.54, 1.807) is 7.11 Å². The summed E-state index contributed by atoms with van der Waals surface area (Å²) in [5.41, 5.74) is 1.80. The molecule has 0 unspecified atom stereocenters. The fraction of sp³-hybridized carbons (Fsp3) is 0.154. The number of nitrogens with zero attached hydrogens (tertiary/aromatic N) is 3. The molecule has 2 heterocycles. The van der Waals surface area contributed by atoms with Crippen LogP contribution in [0.15, 0.2) is 30.6 Å². The molecular weight excluding hydrogens is 261 g/mol. The Labute approximate surface area is 114 Å². The molecule has 0 saturated heterocycles. The van der Waals surface area contributed by atoms with E-state index in [0.29, 0.717) is 23.5 Å². The molecule has 3 rings (SSSR count). The topological polar surface area (TPSA) is 75.7 Å². The van der Waals surface area contributed by atoms with Crippen LogP contribution in [0.25, 0.3) is 11.2 Å². The molecule has 20 heavy (non-hydrogen) atoms. The fourth-order valence-electron chi connectivity index (χ4n) is 1.96. The first-order valence-electron chi connectivity index (χ1n) is 6.00. The molecule has 0 aliphatic carbocycles. The minimum Gasteiger partial charge on any atom is -0.496 e. The molecule has 0 spiro atoms. The lowest BCUT2D eigenvalue weighted by Gasteiger charge is -2.09. The van der Waals surface area contributed by atoms with Crippen LogP contribution in [0.5, 0.6) is 5.75 Å². The van der Waals surface area contributed by atoms with Crippen LogP contribution in [0.2, 0.25) is 0 Å². The number of nitrogens with one attached hydrogen (secondary N) is 2. The van der Waals surface area contributed by atoms with Crippen molar-refractivity contribution < 1.29 is 9.13 Å². The molecule has 0 amide bonds. The summed E-state index contributed by atoms with van der Waals surface area (Å²) in [6.45, 7) is 0.447. The van der Waals surface area contributed by atoms with Crippen molar-refractivity contribution in [1.82, 2.24) is 19.9 Å². The number of methoxy groups -OCH3 is 1. The van der Waals surface area contributed by atoms with Gasteiger partial charge in [0.15, 0.2) is 11.5 Å². The molecule has 0 saturated carbocycles. The molecule has 0 atom stereocenters. The number of aromatic nitrogens is 4. The van der Waals surface area contributed by atoms with Gasteiger partial charge in [-0.15, -0.1) is 0 Å². The molecule has 7 heteroatoms. The van der Waals surface area contributed by atoms with Crippen LogP contribution in [0.4, 0.5) is 10.2 Å². The van der Waals surface area contributed by atoms with Gasteiger partial charge in [0.05, 0.1) is 13.4 Å². The summed E-state index contributed by atoms with van der Waals surface area (Å²) in [4.78, 5) is 14.2. The molecule has 0 fully saturated rings. The van der Waals surface area contributed by atoms with Crippen LogP contribution in [-0.4, -0.2) is 27.0 Å². The van der Waals surface area contributed by atoms with Crippen LogP contribution in [0, 0.1) is 6.08 Å². The smallest absolute Gasteiger partial charge is 0.312 e. The summed E-state index contributed by atoms with van der Waals surface area (Å²) in [6, 6.07) is 7.58. The van der Waals surface area contributed by atoms with E-state index in [9.17, 15) is 4.39 Å². The zero-order chi connectivity index (χ0) is 13.9. The Bertz CT molecular complexity index is 742. The maximum Gasteiger partial charge on any atom is 0.312 e. The Balaban J connectivity index is 1.88. The van der Waals surface area contributed by atoms with Gasteiger partial charge >= 0.3 is 6.08 Å². The number of halogens is 1. The average molecular weight is 273 g/mol. The van der Waals surface area contributed by atoms with Gasteiger partial charge in [-0.05, 0) is 6.07 Å². The van der Waals surface area contributed by atoms with Crippen LogP contribution >= 0.6 is 0 Å². The zero-order valence-electron chi connectivity index (χ0n) is 10.7. The van der Waals surface area contributed by atoms with Crippen LogP contribution in [-0.2, 0) is 6.54 Å². The minimum absolute atomic E-state index is 0.347. The third kappa shape index (κ3) is 2.25. The SMILES string of the molecule is COc1ccccc1CNc1nc(F)nc2[nH]cnc12. The number of ether oxygens (including phenoxy) is 1. The lowest BCUT2D eigenvalue weighted by molar-refractivity contribution is 0.410. The van der Waals surface area contributed by atoms with Gasteiger partial charge in [0.25, 0.3) is 0 Å². The molecule has 0 aliphatic heterocycles. The van der Waals surface area contributed by atoms with E-state index in [0.717, 1.165) is 11.3 Å². The van der Waals surface area contributed by atoms with Crippen molar-refractivity contribution in [3.63, 3.8) is 0 Å². The third-order valence-corrected chi connectivity index (χ3v) is 2.89. The lowest BCUT2D eigenvalue weighted by atomic mass is 10.2. The van der Waals surface area contributed by atoms with Crippen molar-refractivity contribution in [3.05, 3.63) is 42.2 Å². The number of para-hydroxylation sites is 1. The second kappa shape index (κ2) is 5.12. The predicted molar refractivity (Wildman–Crippen MR) is 72.0 cm³/mol. The highest BCUT2D eigenvalue weighted by Gasteiger charge is 2.10. The summed E-state index contributed by atoms with van der Waals surface area (Å²) >= 11 is 0. The van der Waals surface area contributed by atoms with Gasteiger partial charge in [-0.2, -0.15) is 14.4 Å². The van der Waals surface area contributed by atoms with Crippen LogP contribution in [0.1, 0.15) is 5.56 Å². The van der Waals surface area contributed by atoms with E-state index in [2.05, 4.69) is 25.3 Å². The largest absolute Gasteiger partial charge is 0.496 e. The standard InChI is InChI=1S/C13H12FN5O/c1-20-9-5-3-2-4-8(9)6-15-11-10-12(17-7-16-10)19-13(14)18-11/h2-5,7H,6H2,1H3,(H2,15,16,17,18,19). The molecule has 1 aromatic carbocycles. The molecule has 6 nitrogen and oxygen atoms in total. The van der Waals surface area contributed by atoms with E-state index >= 15 is 0 Å². The van der Waals surface area contributed by atoms with Gasteiger partial charge in [0.1, 0.15) is 11.3 Å². The van der Waals surface area contributed by atoms with Crippen molar-refractivity contribution in [3.8, 4) is 5.75 Å². The first-order valence-corrected chi connectivity index (χ1v) is 6.00. The maximum absolute atomic E-state index is 13.3. The number of anilines is 1. The van der Waals surface area contributed by atoms with E-state index in [1.165, 1.54) is 6.33 Å². The Morgan fingerprint density at radius 1 is 1.30 bits per heavy atom. The molecule has 0 aliphatic rings. The fourth-order valence-corrected chi connectivity index (χ4v) is 1.96. The van der Waals surface area contributed by atoms with Crippen molar-refractivity contribution in [2.75, 3.05) is 12.4 Å². The summed E-state index contributed by atoms with van der Waals surface area (Å²) in [5.74, 6) is 1.10. The van der Waals surface area contributed by atoms with E-state index in [4.69, 9.17) is 4.74 Å². The molecule has 0 radical (unpaired) electrons. The number of hydrogen-bond donors (Lipinski definition) is 2. The number of H-pyrrole nitrogens is 1. The number of fused-ring (bicyclic) bond motifs is 1. The van der Waals surface area contributed by atoms with Gasteiger partial charge in [-0.1, -0.05) is 18.2 Å². The van der Waals surface area contributed by atoms with Crippen molar-refractivity contribution in [1.29, 1.82) is 0 Å². The van der Waals surface area contributed by atoms with Crippen molar-refractivity contribution in [2.24, 2.45) is 0 Å². The molecule has 0 bridgehead atoms. The Hall–Kier alpha value is -2.70. The Morgan fingerprint density at radius 3 is 3.00 bits per heavy atom. The monoisotopic (exact) mass is 273 g/mol. The van der Waals surface area contributed by atoms with Crippen LogP contribution < -0.4 is 10.1 Å². The van der Waals surface area contributed by atoms with E-state index in [-0.39, 0.29) is 0 Å².